The van der Waals surface area contributed by atoms with Crippen molar-refractivity contribution in [3.63, 3.8) is 0 Å². The summed E-state index contributed by atoms with van der Waals surface area (Å²) in [4.78, 5) is 23.8. The number of hydrogen-bond acceptors (Lipinski definition) is 5. The number of esters is 1. The molecule has 0 aliphatic heterocycles. The van der Waals surface area contributed by atoms with Gasteiger partial charge in [-0.3, -0.25) is 4.79 Å². The fourth-order valence-corrected chi connectivity index (χ4v) is 2.22. The fourth-order valence-electron chi connectivity index (χ4n) is 2.22. The number of ether oxygens (including phenoxy) is 2. The van der Waals surface area contributed by atoms with E-state index in [2.05, 4.69) is 5.32 Å². The first kappa shape index (κ1) is 22.2. The summed E-state index contributed by atoms with van der Waals surface area (Å²) in [6.45, 7) is 6.09. The van der Waals surface area contributed by atoms with Crippen LogP contribution in [0.15, 0.2) is 24.3 Å². The van der Waals surface area contributed by atoms with Crippen LogP contribution < -0.4 is 15.8 Å². The first-order valence-electron chi connectivity index (χ1n) is 7.91. The number of nitrogens with one attached hydrogen (secondary N) is 1. The normalized spacial score (nSPS) is 10.5. The van der Waals surface area contributed by atoms with Gasteiger partial charge in [-0.25, -0.2) is 4.79 Å². The maximum atomic E-state index is 12.5. The highest BCUT2D eigenvalue weighted by Crippen LogP contribution is 2.27. The van der Waals surface area contributed by atoms with Gasteiger partial charge in [0.1, 0.15) is 5.75 Å². The zero-order valence-electron chi connectivity index (χ0n) is 14.5. The van der Waals surface area contributed by atoms with Crippen LogP contribution >= 0.6 is 12.4 Å². The Kier molecular flexibility index (Phi) is 10.1. The molecule has 0 bridgehead atoms. The first-order valence-corrected chi connectivity index (χ1v) is 7.91. The van der Waals surface area contributed by atoms with Crippen LogP contribution in [0.25, 0.3) is 0 Å². The predicted molar refractivity (Wildman–Crippen MR) is 96.5 cm³/mol. The zero-order valence-corrected chi connectivity index (χ0v) is 15.3. The van der Waals surface area contributed by atoms with Crippen molar-refractivity contribution in [2.45, 2.75) is 33.6 Å². The summed E-state index contributed by atoms with van der Waals surface area (Å²) in [5, 5.41) is 2.87. The van der Waals surface area contributed by atoms with Gasteiger partial charge in [-0.05, 0) is 31.9 Å². The van der Waals surface area contributed by atoms with Gasteiger partial charge in [0.2, 0.25) is 5.91 Å². The van der Waals surface area contributed by atoms with Crippen LogP contribution in [0.4, 0.5) is 5.69 Å². The number of amides is 1. The van der Waals surface area contributed by atoms with Gasteiger partial charge in [0.25, 0.3) is 0 Å². The smallest absolute Gasteiger partial charge is 0.344 e. The van der Waals surface area contributed by atoms with Crippen LogP contribution in [-0.2, 0) is 14.3 Å². The van der Waals surface area contributed by atoms with Gasteiger partial charge in [-0.1, -0.05) is 19.9 Å². The van der Waals surface area contributed by atoms with E-state index in [4.69, 9.17) is 15.2 Å². The number of anilines is 1. The van der Waals surface area contributed by atoms with E-state index < -0.39 is 11.4 Å². The highest BCUT2D eigenvalue weighted by molar-refractivity contribution is 5.95. The summed E-state index contributed by atoms with van der Waals surface area (Å²) in [5.41, 5.74) is 5.83. The van der Waals surface area contributed by atoms with Crippen molar-refractivity contribution in [3.05, 3.63) is 24.3 Å². The molecule has 6 nitrogen and oxygen atoms in total. The summed E-state index contributed by atoms with van der Waals surface area (Å²) < 4.78 is 10.2. The van der Waals surface area contributed by atoms with Gasteiger partial charge >= 0.3 is 5.97 Å². The van der Waals surface area contributed by atoms with E-state index >= 15 is 0 Å². The number of carbonyl (C=O) groups is 2. The molecule has 3 N–H and O–H groups in total. The van der Waals surface area contributed by atoms with Gasteiger partial charge in [0, 0.05) is 18.3 Å². The van der Waals surface area contributed by atoms with Gasteiger partial charge < -0.3 is 20.5 Å². The van der Waals surface area contributed by atoms with Crippen LogP contribution in [0.1, 0.15) is 33.6 Å². The van der Waals surface area contributed by atoms with E-state index in [-0.39, 0.29) is 24.9 Å². The average Bonchev–Trinajstić information content (AvgIpc) is 2.56. The molecule has 0 saturated heterocycles. The van der Waals surface area contributed by atoms with E-state index in [0.717, 1.165) is 0 Å². The van der Waals surface area contributed by atoms with Gasteiger partial charge in [-0.2, -0.15) is 0 Å². The predicted octanol–water partition coefficient (Wildman–Crippen LogP) is 2.75. The number of carbonyl (C=O) groups excluding carboxylic acids is 2. The lowest BCUT2D eigenvalue weighted by Gasteiger charge is -2.28. The number of benzene rings is 1. The Morgan fingerprint density at radius 2 is 1.88 bits per heavy atom. The first-order chi connectivity index (χ1) is 11.0. The van der Waals surface area contributed by atoms with Gasteiger partial charge in [-0.15, -0.1) is 12.4 Å². The number of hydrogen-bond donors (Lipinski definition) is 2. The van der Waals surface area contributed by atoms with Crippen molar-refractivity contribution in [3.8, 4) is 5.75 Å². The lowest BCUT2D eigenvalue weighted by Crippen LogP contribution is -2.41. The molecule has 0 saturated carbocycles. The van der Waals surface area contributed by atoms with Crippen LogP contribution in [-0.4, -0.2) is 31.6 Å². The largest absolute Gasteiger partial charge is 0.482 e. The third-order valence-corrected chi connectivity index (χ3v) is 3.98. The highest BCUT2D eigenvalue weighted by Gasteiger charge is 2.33. The molecule has 136 valence electrons. The zero-order chi connectivity index (χ0) is 17.3. The van der Waals surface area contributed by atoms with E-state index in [9.17, 15) is 9.59 Å². The minimum Gasteiger partial charge on any atom is -0.482 e. The van der Waals surface area contributed by atoms with Crippen molar-refractivity contribution in [2.24, 2.45) is 11.1 Å². The fraction of sp³-hybridized carbons (Fsp3) is 0.529. The SMILES string of the molecule is CCOC(=O)COc1cccc(NC(=O)C(CC)(CC)CN)c1.Cl. The molecule has 0 unspecified atom stereocenters. The Balaban J connectivity index is 0.00000529. The standard InChI is InChI=1S/C17H26N2O4.ClH/c1-4-17(5-2,12-18)16(21)19-13-8-7-9-14(10-13)23-11-15(20)22-6-3;/h7-10H,4-6,11-12,18H2,1-3H3,(H,19,21);1H. The molecule has 1 aromatic rings. The number of nitrogens with two attached hydrogens (primary N) is 1. The molecule has 24 heavy (non-hydrogen) atoms. The molecular weight excluding hydrogens is 332 g/mol. The Morgan fingerprint density at radius 3 is 2.42 bits per heavy atom. The molecule has 0 radical (unpaired) electrons. The Labute approximate surface area is 149 Å². The molecule has 0 aliphatic carbocycles. The number of rotatable bonds is 9. The Bertz CT molecular complexity index is 525. The van der Waals surface area contributed by atoms with Gasteiger partial charge in [0.15, 0.2) is 6.61 Å². The Morgan fingerprint density at radius 1 is 1.21 bits per heavy atom. The third-order valence-electron chi connectivity index (χ3n) is 3.98. The lowest BCUT2D eigenvalue weighted by atomic mass is 9.81. The molecule has 0 fully saturated rings. The Hall–Kier alpha value is -1.79. The summed E-state index contributed by atoms with van der Waals surface area (Å²) >= 11 is 0. The molecule has 0 atom stereocenters. The maximum Gasteiger partial charge on any atom is 0.344 e. The van der Waals surface area contributed by atoms with E-state index in [0.29, 0.717) is 37.4 Å². The molecule has 0 aromatic heterocycles. The highest BCUT2D eigenvalue weighted by atomic mass is 35.5. The molecule has 1 rings (SSSR count). The summed E-state index contributed by atoms with van der Waals surface area (Å²) in [5.74, 6) is -0.0456. The maximum absolute atomic E-state index is 12.5. The molecular formula is C17H27ClN2O4. The molecule has 0 heterocycles. The summed E-state index contributed by atoms with van der Waals surface area (Å²) in [6.07, 6.45) is 1.34. The van der Waals surface area contributed by atoms with Crippen LogP contribution in [0.2, 0.25) is 0 Å². The van der Waals surface area contributed by atoms with Crippen molar-refractivity contribution < 1.29 is 19.1 Å². The second kappa shape index (κ2) is 10.9. The average molecular weight is 359 g/mol. The summed E-state index contributed by atoms with van der Waals surface area (Å²) in [6, 6.07) is 6.90. The molecule has 7 heteroatoms. The van der Waals surface area contributed by atoms with E-state index in [1.807, 2.05) is 13.8 Å². The molecule has 1 amide bonds. The van der Waals surface area contributed by atoms with Crippen LogP contribution in [0.5, 0.6) is 5.75 Å². The second-order valence-electron chi connectivity index (χ2n) is 5.27. The molecule has 0 aliphatic rings. The van der Waals surface area contributed by atoms with Gasteiger partial charge in [0.05, 0.1) is 12.0 Å². The monoisotopic (exact) mass is 358 g/mol. The van der Waals surface area contributed by atoms with Crippen molar-refractivity contribution >= 4 is 30.0 Å². The summed E-state index contributed by atoms with van der Waals surface area (Å²) in [7, 11) is 0. The minimum absolute atomic E-state index is 0. The van der Waals surface area contributed by atoms with Crippen molar-refractivity contribution in [1.82, 2.24) is 0 Å². The molecule has 1 aromatic carbocycles. The minimum atomic E-state index is -0.568. The van der Waals surface area contributed by atoms with Crippen molar-refractivity contribution in [1.29, 1.82) is 0 Å². The number of halogens is 1. The topological polar surface area (TPSA) is 90.6 Å². The third kappa shape index (κ3) is 6.02. The van der Waals surface area contributed by atoms with E-state index in [1.165, 1.54) is 0 Å². The van der Waals surface area contributed by atoms with E-state index in [1.54, 1.807) is 31.2 Å². The van der Waals surface area contributed by atoms with Crippen LogP contribution in [0, 0.1) is 5.41 Å². The van der Waals surface area contributed by atoms with Crippen LogP contribution in [0.3, 0.4) is 0 Å². The lowest BCUT2D eigenvalue weighted by molar-refractivity contribution is -0.145. The second-order valence-corrected chi connectivity index (χ2v) is 5.27. The van der Waals surface area contributed by atoms with Crippen molar-refractivity contribution in [2.75, 3.05) is 25.1 Å². The quantitative estimate of drug-likeness (QED) is 0.662. The molecule has 0 spiro atoms.